The van der Waals surface area contributed by atoms with Crippen LogP contribution in [0.2, 0.25) is 0 Å². The molecule has 0 bridgehead atoms. The van der Waals surface area contributed by atoms with Crippen molar-refractivity contribution in [1.29, 1.82) is 0 Å². The van der Waals surface area contributed by atoms with Crippen molar-refractivity contribution in [1.82, 2.24) is 9.88 Å². The zero-order valence-electron chi connectivity index (χ0n) is 12.0. The maximum atomic E-state index is 12.3. The number of para-hydroxylation sites is 1. The highest BCUT2D eigenvalue weighted by molar-refractivity contribution is 5.85. The van der Waals surface area contributed by atoms with E-state index in [9.17, 15) is 4.79 Å². The number of amides is 1. The highest BCUT2D eigenvalue weighted by atomic mass is 16.2. The van der Waals surface area contributed by atoms with Gasteiger partial charge in [0.05, 0.1) is 6.04 Å². The molecule has 0 radical (unpaired) electrons. The van der Waals surface area contributed by atoms with Gasteiger partial charge in [0.25, 0.3) is 0 Å². The van der Waals surface area contributed by atoms with Gasteiger partial charge in [0.1, 0.15) is 0 Å². The van der Waals surface area contributed by atoms with E-state index >= 15 is 0 Å². The molecule has 2 heterocycles. The third kappa shape index (κ3) is 2.00. The molecule has 2 unspecified atom stereocenters. The number of nitrogens with two attached hydrogens (primary N) is 1. The summed E-state index contributed by atoms with van der Waals surface area (Å²) >= 11 is 0. The Morgan fingerprint density at radius 2 is 2.10 bits per heavy atom. The largest absolute Gasteiger partial charge is 0.361 e. The van der Waals surface area contributed by atoms with Gasteiger partial charge in [-0.3, -0.25) is 4.79 Å². The van der Waals surface area contributed by atoms with E-state index in [1.165, 1.54) is 0 Å². The molecule has 1 fully saturated rings. The van der Waals surface area contributed by atoms with E-state index in [2.05, 4.69) is 31.0 Å². The fourth-order valence-corrected chi connectivity index (χ4v) is 3.27. The number of nitrogens with zero attached hydrogens (tertiary/aromatic N) is 1. The molecular weight excluding hydrogens is 250 g/mol. The monoisotopic (exact) mass is 271 g/mol. The van der Waals surface area contributed by atoms with Crippen LogP contribution in [-0.4, -0.2) is 27.9 Å². The van der Waals surface area contributed by atoms with Crippen LogP contribution < -0.4 is 5.73 Å². The summed E-state index contributed by atoms with van der Waals surface area (Å²) in [6, 6.07) is 8.29. The lowest BCUT2D eigenvalue weighted by molar-refractivity contribution is -0.139. The summed E-state index contributed by atoms with van der Waals surface area (Å²) in [5, 5.41) is 1.16. The molecule has 1 saturated heterocycles. The minimum Gasteiger partial charge on any atom is -0.361 e. The summed E-state index contributed by atoms with van der Waals surface area (Å²) < 4.78 is 0. The molecule has 2 atom stereocenters. The van der Waals surface area contributed by atoms with E-state index in [0.717, 1.165) is 22.9 Å². The van der Waals surface area contributed by atoms with Crippen molar-refractivity contribution < 1.29 is 4.79 Å². The van der Waals surface area contributed by atoms with Crippen LogP contribution in [0.25, 0.3) is 10.9 Å². The van der Waals surface area contributed by atoms with Crippen molar-refractivity contribution in [3.05, 3.63) is 36.0 Å². The lowest BCUT2D eigenvalue weighted by Gasteiger charge is -2.42. The Morgan fingerprint density at radius 1 is 1.35 bits per heavy atom. The number of piperidine rings is 1. The molecule has 2 aromatic rings. The van der Waals surface area contributed by atoms with E-state index in [0.29, 0.717) is 6.42 Å². The van der Waals surface area contributed by atoms with Crippen LogP contribution in [-0.2, 0) is 4.79 Å². The first-order valence-corrected chi connectivity index (χ1v) is 7.22. The molecule has 1 aromatic heterocycles. The van der Waals surface area contributed by atoms with Gasteiger partial charge in [-0.15, -0.1) is 0 Å². The van der Waals surface area contributed by atoms with Gasteiger partial charge in [0, 0.05) is 41.2 Å². The molecule has 1 aliphatic heterocycles. The third-order valence-electron chi connectivity index (χ3n) is 4.18. The average Bonchev–Trinajstić information content (AvgIpc) is 2.84. The van der Waals surface area contributed by atoms with Crippen molar-refractivity contribution in [2.24, 2.45) is 5.73 Å². The summed E-state index contributed by atoms with van der Waals surface area (Å²) in [7, 11) is 0. The van der Waals surface area contributed by atoms with Gasteiger partial charge >= 0.3 is 0 Å². The summed E-state index contributed by atoms with van der Waals surface area (Å²) in [5.74, 6) is 0.206. The maximum absolute atomic E-state index is 12.3. The lowest BCUT2D eigenvalue weighted by Crippen LogP contribution is -2.51. The Morgan fingerprint density at radius 3 is 2.85 bits per heavy atom. The van der Waals surface area contributed by atoms with Gasteiger partial charge in [-0.2, -0.15) is 0 Å². The molecule has 1 aliphatic rings. The quantitative estimate of drug-likeness (QED) is 0.881. The molecule has 3 rings (SSSR count). The van der Waals surface area contributed by atoms with Gasteiger partial charge in [0.15, 0.2) is 0 Å². The number of aromatic nitrogens is 1. The number of nitrogens with one attached hydrogen (secondary N) is 1. The van der Waals surface area contributed by atoms with Crippen LogP contribution in [0.3, 0.4) is 0 Å². The van der Waals surface area contributed by atoms with Crippen LogP contribution >= 0.6 is 0 Å². The lowest BCUT2D eigenvalue weighted by atomic mass is 9.89. The number of rotatable bonds is 2. The van der Waals surface area contributed by atoms with Crippen LogP contribution in [0.15, 0.2) is 30.5 Å². The Hall–Kier alpha value is -1.81. The van der Waals surface area contributed by atoms with E-state index in [1.807, 2.05) is 23.2 Å². The number of hydrogen-bond acceptors (Lipinski definition) is 2. The Kier molecular flexibility index (Phi) is 3.26. The molecule has 4 heteroatoms. The number of fused-ring (bicyclic) bond motifs is 1. The average molecular weight is 271 g/mol. The summed E-state index contributed by atoms with van der Waals surface area (Å²) in [6.07, 6.45) is 3.31. The van der Waals surface area contributed by atoms with Crippen molar-refractivity contribution in [2.45, 2.75) is 44.8 Å². The third-order valence-corrected chi connectivity index (χ3v) is 4.18. The van der Waals surface area contributed by atoms with Crippen molar-refractivity contribution >= 4 is 16.8 Å². The fourth-order valence-electron chi connectivity index (χ4n) is 3.27. The minimum absolute atomic E-state index is 0.00527. The Balaban J connectivity index is 2.11. The molecule has 1 amide bonds. The van der Waals surface area contributed by atoms with Gasteiger partial charge in [-0.25, -0.2) is 0 Å². The van der Waals surface area contributed by atoms with Gasteiger partial charge in [-0.05, 0) is 26.3 Å². The second-order valence-electron chi connectivity index (χ2n) is 5.83. The minimum atomic E-state index is -0.0348. The highest BCUT2D eigenvalue weighted by Crippen LogP contribution is 2.36. The van der Waals surface area contributed by atoms with E-state index in [1.54, 1.807) is 0 Å². The summed E-state index contributed by atoms with van der Waals surface area (Å²) in [4.78, 5) is 17.5. The van der Waals surface area contributed by atoms with Crippen LogP contribution in [0, 0.1) is 0 Å². The first-order valence-electron chi connectivity index (χ1n) is 7.22. The van der Waals surface area contributed by atoms with Gasteiger partial charge in [-0.1, -0.05) is 18.2 Å². The van der Waals surface area contributed by atoms with Crippen molar-refractivity contribution in [2.75, 3.05) is 0 Å². The summed E-state index contributed by atoms with van der Waals surface area (Å²) in [5.41, 5.74) is 8.57. The zero-order chi connectivity index (χ0) is 14.3. The molecule has 1 aromatic carbocycles. The SMILES string of the molecule is CC(C)N1C(=O)CCC(N)C1c1c[nH]c2ccccc12. The van der Waals surface area contributed by atoms with Gasteiger partial charge in [0.2, 0.25) is 5.91 Å². The number of carbonyl (C=O) groups is 1. The molecule has 0 spiro atoms. The molecule has 0 saturated carbocycles. The second kappa shape index (κ2) is 4.94. The van der Waals surface area contributed by atoms with Crippen LogP contribution in [0.5, 0.6) is 0 Å². The molecule has 0 aliphatic carbocycles. The standard InChI is InChI=1S/C16H21N3O/c1-10(2)19-15(20)8-7-13(17)16(19)12-9-18-14-6-4-3-5-11(12)14/h3-6,9-10,13,16,18H,7-8,17H2,1-2H3. The normalized spacial score (nSPS) is 23.8. The molecule has 20 heavy (non-hydrogen) atoms. The molecule has 106 valence electrons. The molecular formula is C16H21N3O. The number of H-pyrrole nitrogens is 1. The fraction of sp³-hybridized carbons (Fsp3) is 0.438. The first-order chi connectivity index (χ1) is 9.59. The highest BCUT2D eigenvalue weighted by Gasteiger charge is 2.37. The number of likely N-dealkylation sites (tertiary alicyclic amines) is 1. The van der Waals surface area contributed by atoms with Crippen molar-refractivity contribution in [3.8, 4) is 0 Å². The number of hydrogen-bond donors (Lipinski definition) is 2. The van der Waals surface area contributed by atoms with Crippen LogP contribution in [0.1, 0.15) is 38.3 Å². The van der Waals surface area contributed by atoms with E-state index < -0.39 is 0 Å². The number of carbonyl (C=O) groups excluding carboxylic acids is 1. The predicted molar refractivity (Wildman–Crippen MR) is 80.2 cm³/mol. The first kappa shape index (κ1) is 13.2. The maximum Gasteiger partial charge on any atom is 0.223 e. The molecule has 3 N–H and O–H groups in total. The Bertz CT molecular complexity index is 631. The van der Waals surface area contributed by atoms with Crippen molar-refractivity contribution in [3.63, 3.8) is 0 Å². The smallest absolute Gasteiger partial charge is 0.223 e. The number of aromatic amines is 1. The Labute approximate surface area is 118 Å². The van der Waals surface area contributed by atoms with E-state index in [4.69, 9.17) is 5.73 Å². The van der Waals surface area contributed by atoms with Gasteiger partial charge < -0.3 is 15.6 Å². The second-order valence-corrected chi connectivity index (χ2v) is 5.83. The number of benzene rings is 1. The topological polar surface area (TPSA) is 62.1 Å². The summed E-state index contributed by atoms with van der Waals surface area (Å²) in [6.45, 7) is 4.11. The molecule has 4 nitrogen and oxygen atoms in total. The zero-order valence-corrected chi connectivity index (χ0v) is 12.0. The van der Waals surface area contributed by atoms with Crippen LogP contribution in [0.4, 0.5) is 0 Å². The predicted octanol–water partition coefficient (Wildman–Crippen LogP) is 2.57. The van der Waals surface area contributed by atoms with E-state index in [-0.39, 0.29) is 24.0 Å².